The molecule has 0 fully saturated rings. The number of halogens is 1. The largest absolute Gasteiger partial charge is 0.452 e. The molecule has 1 N–H and O–H groups in total. The monoisotopic (exact) mass is 328 g/mol. The van der Waals surface area contributed by atoms with Crippen LogP contribution in [0.15, 0.2) is 53.1 Å². The van der Waals surface area contributed by atoms with Crippen molar-refractivity contribution in [2.24, 2.45) is 0 Å². The fraction of sp³-hybridized carbons (Fsp3) is 0.118. The zero-order chi connectivity index (χ0) is 16.9. The average Bonchev–Trinajstić information content (AvgIpc) is 3.09. The van der Waals surface area contributed by atoms with Gasteiger partial charge < -0.3 is 14.4 Å². The summed E-state index contributed by atoms with van der Waals surface area (Å²) in [7, 11) is 0. The van der Waals surface area contributed by atoms with E-state index >= 15 is 0 Å². The minimum atomic E-state index is -0.541. The molecule has 7 heteroatoms. The van der Waals surface area contributed by atoms with Crippen molar-refractivity contribution in [3.8, 4) is 11.4 Å². The normalized spacial score (nSPS) is 10.6. The lowest BCUT2D eigenvalue weighted by molar-refractivity contribution is 0.0429. The highest BCUT2D eigenvalue weighted by atomic mass is 19.1. The van der Waals surface area contributed by atoms with Gasteiger partial charge in [-0.15, -0.1) is 0 Å². The van der Waals surface area contributed by atoms with Crippen molar-refractivity contribution in [2.45, 2.75) is 13.2 Å². The van der Waals surface area contributed by atoms with Crippen LogP contribution in [0.3, 0.4) is 0 Å². The second-order valence-electron chi connectivity index (χ2n) is 4.95. The number of benzene rings is 2. The summed E-state index contributed by atoms with van der Waals surface area (Å²) in [5, 5.41) is 12.7. The molecule has 0 saturated heterocycles. The van der Waals surface area contributed by atoms with Crippen LogP contribution in [0, 0.1) is 5.82 Å². The fourth-order valence-electron chi connectivity index (χ4n) is 1.99. The quantitative estimate of drug-likeness (QED) is 0.725. The highest BCUT2D eigenvalue weighted by Gasteiger charge is 2.12. The first-order chi connectivity index (χ1) is 11.7. The van der Waals surface area contributed by atoms with Crippen LogP contribution >= 0.6 is 0 Å². The number of carbonyl (C=O) groups excluding carboxylic acids is 1. The van der Waals surface area contributed by atoms with Gasteiger partial charge in [0.25, 0.3) is 5.89 Å². The molecule has 3 rings (SSSR count). The highest BCUT2D eigenvalue weighted by molar-refractivity contribution is 5.89. The third-order valence-corrected chi connectivity index (χ3v) is 3.27. The molecule has 3 aromatic rings. The van der Waals surface area contributed by atoms with E-state index in [-0.39, 0.29) is 30.7 Å². The lowest BCUT2D eigenvalue weighted by Gasteiger charge is -2.02. The third kappa shape index (κ3) is 3.64. The maximum absolute atomic E-state index is 12.9. The van der Waals surface area contributed by atoms with Crippen molar-refractivity contribution < 1.29 is 23.6 Å². The Hall–Kier alpha value is -3.06. The van der Waals surface area contributed by atoms with Crippen molar-refractivity contribution in [3.05, 3.63) is 71.4 Å². The smallest absolute Gasteiger partial charge is 0.338 e. The number of ether oxygens (including phenoxy) is 1. The molecular weight excluding hydrogens is 315 g/mol. The molecule has 122 valence electrons. The number of aliphatic hydroxyl groups excluding tert-OH is 1. The molecule has 0 spiro atoms. The Morgan fingerprint density at radius 3 is 2.50 bits per heavy atom. The summed E-state index contributed by atoms with van der Waals surface area (Å²) in [6.07, 6.45) is 0. The first-order valence-electron chi connectivity index (χ1n) is 7.11. The number of nitrogens with zero attached hydrogens (tertiary/aromatic N) is 2. The minimum absolute atomic E-state index is 0.0938. The first kappa shape index (κ1) is 15.8. The SMILES string of the molecule is O=C(OCc1nc(-c2ccc(F)cc2)no1)c1ccc(CO)cc1. The summed E-state index contributed by atoms with van der Waals surface area (Å²) in [5.41, 5.74) is 1.65. The van der Waals surface area contributed by atoms with Crippen molar-refractivity contribution >= 4 is 5.97 Å². The molecule has 6 nitrogen and oxygen atoms in total. The van der Waals surface area contributed by atoms with Gasteiger partial charge in [0, 0.05) is 5.56 Å². The number of hydrogen-bond donors (Lipinski definition) is 1. The molecule has 0 amide bonds. The van der Waals surface area contributed by atoms with E-state index in [4.69, 9.17) is 14.4 Å². The lowest BCUT2D eigenvalue weighted by atomic mass is 10.1. The van der Waals surface area contributed by atoms with Gasteiger partial charge in [-0.3, -0.25) is 0 Å². The van der Waals surface area contributed by atoms with Gasteiger partial charge in [0.15, 0.2) is 6.61 Å². The lowest BCUT2D eigenvalue weighted by Crippen LogP contribution is -2.05. The van der Waals surface area contributed by atoms with Crippen LogP contribution in [0.4, 0.5) is 4.39 Å². The van der Waals surface area contributed by atoms with E-state index in [0.29, 0.717) is 16.7 Å². The summed E-state index contributed by atoms with van der Waals surface area (Å²) in [5.74, 6) is -0.479. The number of hydrogen-bond acceptors (Lipinski definition) is 6. The van der Waals surface area contributed by atoms with E-state index in [0.717, 1.165) is 0 Å². The van der Waals surface area contributed by atoms with E-state index in [1.54, 1.807) is 24.3 Å². The fourth-order valence-corrected chi connectivity index (χ4v) is 1.99. The molecule has 0 aliphatic rings. The minimum Gasteiger partial charge on any atom is -0.452 e. The average molecular weight is 328 g/mol. The summed E-state index contributed by atoms with van der Waals surface area (Å²) in [6, 6.07) is 12.0. The highest BCUT2D eigenvalue weighted by Crippen LogP contribution is 2.16. The first-order valence-corrected chi connectivity index (χ1v) is 7.11. The molecule has 0 atom stereocenters. The second-order valence-corrected chi connectivity index (χ2v) is 4.95. The zero-order valence-corrected chi connectivity index (χ0v) is 12.5. The van der Waals surface area contributed by atoms with Crippen LogP contribution < -0.4 is 0 Å². The van der Waals surface area contributed by atoms with Gasteiger partial charge in [-0.1, -0.05) is 17.3 Å². The maximum Gasteiger partial charge on any atom is 0.338 e. The standard InChI is InChI=1S/C17H13FN2O4/c18-14-7-5-12(6-8-14)16-19-15(24-20-16)10-23-17(22)13-3-1-11(9-21)2-4-13/h1-8,21H,9-10H2. The molecule has 0 saturated carbocycles. The van der Waals surface area contributed by atoms with Crippen molar-refractivity contribution in [2.75, 3.05) is 0 Å². The van der Waals surface area contributed by atoms with Gasteiger partial charge in [0.2, 0.25) is 5.82 Å². The van der Waals surface area contributed by atoms with Gasteiger partial charge in [0.1, 0.15) is 5.82 Å². The molecule has 24 heavy (non-hydrogen) atoms. The van der Waals surface area contributed by atoms with Gasteiger partial charge in [0.05, 0.1) is 12.2 Å². The number of carbonyl (C=O) groups is 1. The molecule has 0 aliphatic heterocycles. The number of rotatable bonds is 5. The van der Waals surface area contributed by atoms with E-state index in [9.17, 15) is 9.18 Å². The van der Waals surface area contributed by atoms with E-state index < -0.39 is 5.97 Å². The Balaban J connectivity index is 1.62. The summed E-state index contributed by atoms with van der Waals surface area (Å²) < 4.78 is 23.0. The Bertz CT molecular complexity index is 829. The molecule has 1 heterocycles. The van der Waals surface area contributed by atoms with Crippen LogP contribution in [-0.2, 0) is 18.0 Å². The Morgan fingerprint density at radius 1 is 1.12 bits per heavy atom. The molecule has 1 aromatic heterocycles. The molecule has 2 aromatic carbocycles. The molecule has 0 aliphatic carbocycles. The van der Waals surface area contributed by atoms with Gasteiger partial charge in [-0.2, -0.15) is 4.98 Å². The summed E-state index contributed by atoms with van der Waals surface area (Å²) in [6.45, 7) is -0.266. The summed E-state index contributed by atoms with van der Waals surface area (Å²) >= 11 is 0. The molecule has 0 radical (unpaired) electrons. The summed E-state index contributed by atoms with van der Waals surface area (Å²) in [4.78, 5) is 16.0. The van der Waals surface area contributed by atoms with E-state index in [2.05, 4.69) is 10.1 Å². The van der Waals surface area contributed by atoms with Gasteiger partial charge in [-0.05, 0) is 42.0 Å². The second kappa shape index (κ2) is 7.01. The van der Waals surface area contributed by atoms with Crippen molar-refractivity contribution in [1.82, 2.24) is 10.1 Å². The van der Waals surface area contributed by atoms with Crippen LogP contribution in [0.5, 0.6) is 0 Å². The Labute approximate surface area is 136 Å². The Kier molecular flexibility index (Phi) is 4.62. The molecule has 0 unspecified atom stereocenters. The van der Waals surface area contributed by atoms with E-state index in [1.807, 2.05) is 0 Å². The van der Waals surface area contributed by atoms with Gasteiger partial charge in [-0.25, -0.2) is 9.18 Å². The Morgan fingerprint density at radius 2 is 1.83 bits per heavy atom. The third-order valence-electron chi connectivity index (χ3n) is 3.27. The van der Waals surface area contributed by atoms with Crippen molar-refractivity contribution in [3.63, 3.8) is 0 Å². The maximum atomic E-state index is 12.9. The van der Waals surface area contributed by atoms with Crippen LogP contribution in [0.1, 0.15) is 21.8 Å². The van der Waals surface area contributed by atoms with Crippen LogP contribution in [-0.4, -0.2) is 21.2 Å². The number of aromatic nitrogens is 2. The number of esters is 1. The molecule has 0 bridgehead atoms. The van der Waals surface area contributed by atoms with Crippen LogP contribution in [0.2, 0.25) is 0 Å². The zero-order valence-electron chi connectivity index (χ0n) is 12.5. The van der Waals surface area contributed by atoms with Gasteiger partial charge >= 0.3 is 5.97 Å². The molecular formula is C17H13FN2O4. The van der Waals surface area contributed by atoms with E-state index in [1.165, 1.54) is 24.3 Å². The topological polar surface area (TPSA) is 85.5 Å². The number of aliphatic hydroxyl groups is 1. The van der Waals surface area contributed by atoms with Crippen molar-refractivity contribution in [1.29, 1.82) is 0 Å². The van der Waals surface area contributed by atoms with Crippen LogP contribution in [0.25, 0.3) is 11.4 Å². The predicted octanol–water partition coefficient (Wildman–Crippen LogP) is 2.73. The predicted molar refractivity (Wildman–Crippen MR) is 81.2 cm³/mol.